The van der Waals surface area contributed by atoms with Gasteiger partial charge in [0.2, 0.25) is 11.8 Å². The third-order valence-electron chi connectivity index (χ3n) is 4.11. The first-order valence-electron chi connectivity index (χ1n) is 8.82. The van der Waals surface area contributed by atoms with E-state index in [0.717, 1.165) is 0 Å². The molecule has 1 aromatic rings. The van der Waals surface area contributed by atoms with Gasteiger partial charge in [0, 0.05) is 36.9 Å². The Morgan fingerprint density at radius 2 is 1.67 bits per heavy atom. The highest BCUT2D eigenvalue weighted by Gasteiger charge is 2.25. The van der Waals surface area contributed by atoms with Crippen molar-refractivity contribution in [3.63, 3.8) is 0 Å². The van der Waals surface area contributed by atoms with Crippen LogP contribution in [0.5, 0.6) is 0 Å². The van der Waals surface area contributed by atoms with Gasteiger partial charge in [-0.25, -0.2) is 4.79 Å². The van der Waals surface area contributed by atoms with E-state index in [4.69, 9.17) is 16.3 Å². The summed E-state index contributed by atoms with van der Waals surface area (Å²) in [5.41, 5.74) is 0.652. The lowest BCUT2D eigenvalue weighted by Crippen LogP contribution is -2.52. The van der Waals surface area contributed by atoms with E-state index in [1.807, 2.05) is 0 Å². The summed E-state index contributed by atoms with van der Waals surface area (Å²) < 4.78 is 4.96. The number of anilines is 1. The third kappa shape index (κ3) is 6.73. The molecule has 3 amide bonds. The largest absolute Gasteiger partial charge is 0.450 e. The molecule has 27 heavy (non-hydrogen) atoms. The molecule has 0 bridgehead atoms. The molecule has 1 aromatic carbocycles. The van der Waals surface area contributed by atoms with Crippen molar-refractivity contribution in [2.24, 2.45) is 0 Å². The number of likely N-dealkylation sites (N-methyl/N-ethyl adjacent to an activating group) is 1. The van der Waals surface area contributed by atoms with Crippen LogP contribution in [-0.4, -0.2) is 85.5 Å². The van der Waals surface area contributed by atoms with Gasteiger partial charge in [-0.15, -0.1) is 0 Å². The standard InChI is InChI=1S/C18H25ClN4O4/c1-3-27-18(26)23-10-8-22(9-11-23)17(25)13-21(2)12-16(24)20-15-6-4-14(19)5-7-15/h4-7H,3,8-13H2,1-2H3,(H,20,24). The van der Waals surface area contributed by atoms with Gasteiger partial charge >= 0.3 is 6.09 Å². The molecule has 1 aliphatic rings. The quantitative estimate of drug-likeness (QED) is 0.788. The number of piperazine rings is 1. The second-order valence-corrected chi connectivity index (χ2v) is 6.73. The average molecular weight is 397 g/mol. The molecule has 0 saturated carbocycles. The number of hydrogen-bond donors (Lipinski definition) is 1. The smallest absolute Gasteiger partial charge is 0.409 e. The summed E-state index contributed by atoms with van der Waals surface area (Å²) in [7, 11) is 1.72. The van der Waals surface area contributed by atoms with Crippen LogP contribution in [0.2, 0.25) is 5.02 Å². The summed E-state index contributed by atoms with van der Waals surface area (Å²) in [5.74, 6) is -0.278. The number of amides is 3. The van der Waals surface area contributed by atoms with Crippen LogP contribution in [0.3, 0.4) is 0 Å². The normalized spacial score (nSPS) is 14.2. The van der Waals surface area contributed by atoms with Crippen molar-refractivity contribution in [2.75, 3.05) is 58.2 Å². The number of hydrogen-bond acceptors (Lipinski definition) is 5. The Bertz CT molecular complexity index is 660. The second-order valence-electron chi connectivity index (χ2n) is 6.29. The fourth-order valence-electron chi connectivity index (χ4n) is 2.72. The third-order valence-corrected chi connectivity index (χ3v) is 4.36. The van der Waals surface area contributed by atoms with E-state index >= 15 is 0 Å². The number of benzene rings is 1. The Morgan fingerprint density at radius 1 is 1.07 bits per heavy atom. The molecule has 0 aromatic heterocycles. The lowest BCUT2D eigenvalue weighted by molar-refractivity contribution is -0.134. The van der Waals surface area contributed by atoms with E-state index in [2.05, 4.69) is 5.32 Å². The predicted octanol–water partition coefficient (Wildman–Crippen LogP) is 1.51. The van der Waals surface area contributed by atoms with Crippen LogP contribution < -0.4 is 5.32 Å². The van der Waals surface area contributed by atoms with Crippen molar-refractivity contribution in [1.29, 1.82) is 0 Å². The first kappa shape index (κ1) is 21.0. The predicted molar refractivity (Wildman–Crippen MR) is 103 cm³/mol. The van der Waals surface area contributed by atoms with Crippen LogP contribution >= 0.6 is 11.6 Å². The maximum Gasteiger partial charge on any atom is 0.409 e. The lowest BCUT2D eigenvalue weighted by atomic mass is 10.3. The topological polar surface area (TPSA) is 82.2 Å². The highest BCUT2D eigenvalue weighted by Crippen LogP contribution is 2.13. The summed E-state index contributed by atoms with van der Waals surface area (Å²) in [5, 5.41) is 3.36. The SMILES string of the molecule is CCOC(=O)N1CCN(C(=O)CN(C)CC(=O)Nc2ccc(Cl)cc2)CC1. The molecule has 1 saturated heterocycles. The van der Waals surface area contributed by atoms with Crippen molar-refractivity contribution in [3.8, 4) is 0 Å². The molecule has 0 aliphatic carbocycles. The van der Waals surface area contributed by atoms with Gasteiger partial charge in [-0.1, -0.05) is 11.6 Å². The fraction of sp³-hybridized carbons (Fsp3) is 0.500. The molecule has 0 radical (unpaired) electrons. The maximum atomic E-state index is 12.4. The van der Waals surface area contributed by atoms with E-state index in [9.17, 15) is 14.4 Å². The number of nitrogens with zero attached hydrogens (tertiary/aromatic N) is 3. The molecule has 1 heterocycles. The molecule has 2 rings (SSSR count). The highest BCUT2D eigenvalue weighted by molar-refractivity contribution is 6.30. The van der Waals surface area contributed by atoms with Gasteiger partial charge in [0.05, 0.1) is 19.7 Å². The summed E-state index contributed by atoms with van der Waals surface area (Å²) >= 11 is 5.81. The lowest BCUT2D eigenvalue weighted by Gasteiger charge is -2.34. The van der Waals surface area contributed by atoms with Gasteiger partial charge in [0.25, 0.3) is 0 Å². The molecule has 1 aliphatic heterocycles. The van der Waals surface area contributed by atoms with Crippen molar-refractivity contribution < 1.29 is 19.1 Å². The molecule has 9 heteroatoms. The van der Waals surface area contributed by atoms with Gasteiger partial charge in [-0.2, -0.15) is 0 Å². The summed E-state index contributed by atoms with van der Waals surface area (Å²) in [6.07, 6.45) is -0.347. The van der Waals surface area contributed by atoms with E-state index in [1.165, 1.54) is 0 Å². The minimum atomic E-state index is -0.347. The summed E-state index contributed by atoms with van der Waals surface area (Å²) in [4.78, 5) is 41.1. The molecule has 148 valence electrons. The average Bonchev–Trinajstić information content (AvgIpc) is 2.63. The van der Waals surface area contributed by atoms with Gasteiger partial charge in [0.1, 0.15) is 0 Å². The number of ether oxygens (including phenoxy) is 1. The van der Waals surface area contributed by atoms with Crippen molar-refractivity contribution in [3.05, 3.63) is 29.3 Å². The van der Waals surface area contributed by atoms with Crippen LogP contribution in [0.4, 0.5) is 10.5 Å². The van der Waals surface area contributed by atoms with E-state index in [1.54, 1.807) is 52.9 Å². The Hall–Kier alpha value is -2.32. The molecular formula is C18H25ClN4O4. The first-order valence-corrected chi connectivity index (χ1v) is 9.20. The molecule has 8 nitrogen and oxygen atoms in total. The number of halogens is 1. The fourth-order valence-corrected chi connectivity index (χ4v) is 2.84. The van der Waals surface area contributed by atoms with Crippen LogP contribution in [0.1, 0.15) is 6.92 Å². The van der Waals surface area contributed by atoms with Gasteiger partial charge in [-0.3, -0.25) is 14.5 Å². The molecule has 1 fully saturated rings. The van der Waals surface area contributed by atoms with Gasteiger partial charge in [0.15, 0.2) is 0 Å². The van der Waals surface area contributed by atoms with Crippen LogP contribution in [0.15, 0.2) is 24.3 Å². The Labute approximate surface area is 164 Å². The van der Waals surface area contributed by atoms with E-state index < -0.39 is 0 Å². The van der Waals surface area contributed by atoms with Crippen LogP contribution in [-0.2, 0) is 14.3 Å². The second kappa shape index (κ2) is 10.1. The molecule has 0 atom stereocenters. The van der Waals surface area contributed by atoms with E-state index in [-0.39, 0.29) is 31.0 Å². The molecular weight excluding hydrogens is 372 g/mol. The number of carbonyl (C=O) groups excluding carboxylic acids is 3. The Balaban J connectivity index is 1.73. The zero-order chi connectivity index (χ0) is 19.8. The summed E-state index contributed by atoms with van der Waals surface area (Å²) in [6.45, 7) is 4.14. The molecule has 1 N–H and O–H groups in total. The highest BCUT2D eigenvalue weighted by atomic mass is 35.5. The number of rotatable bonds is 6. The van der Waals surface area contributed by atoms with Crippen LogP contribution in [0, 0.1) is 0 Å². The Morgan fingerprint density at radius 3 is 2.26 bits per heavy atom. The first-order chi connectivity index (χ1) is 12.9. The summed E-state index contributed by atoms with van der Waals surface area (Å²) in [6, 6.07) is 6.82. The Kier molecular flexibility index (Phi) is 7.87. The van der Waals surface area contributed by atoms with Gasteiger partial charge < -0.3 is 19.9 Å². The van der Waals surface area contributed by atoms with Crippen molar-refractivity contribution in [1.82, 2.24) is 14.7 Å². The maximum absolute atomic E-state index is 12.4. The number of carbonyl (C=O) groups is 3. The molecule has 0 spiro atoms. The number of nitrogens with one attached hydrogen (secondary N) is 1. The van der Waals surface area contributed by atoms with Crippen molar-refractivity contribution in [2.45, 2.75) is 6.92 Å². The van der Waals surface area contributed by atoms with E-state index in [0.29, 0.717) is 43.5 Å². The zero-order valence-corrected chi connectivity index (χ0v) is 16.4. The van der Waals surface area contributed by atoms with Crippen molar-refractivity contribution >= 4 is 35.2 Å². The zero-order valence-electron chi connectivity index (χ0n) is 15.6. The van der Waals surface area contributed by atoms with Gasteiger partial charge in [-0.05, 0) is 38.2 Å². The minimum absolute atomic E-state index is 0.0692. The minimum Gasteiger partial charge on any atom is -0.450 e. The van der Waals surface area contributed by atoms with Crippen LogP contribution in [0.25, 0.3) is 0 Å². The molecule has 0 unspecified atom stereocenters. The monoisotopic (exact) mass is 396 g/mol.